The Balaban J connectivity index is 2.36. The fraction of sp³-hybridized carbons (Fsp3) is 0.357. The van der Waals surface area contributed by atoms with Crippen molar-refractivity contribution < 1.29 is 4.79 Å². The van der Waals surface area contributed by atoms with Gasteiger partial charge >= 0.3 is 0 Å². The summed E-state index contributed by atoms with van der Waals surface area (Å²) >= 11 is 0. The number of hydrogen-bond donors (Lipinski definition) is 1. The van der Waals surface area contributed by atoms with E-state index in [2.05, 4.69) is 9.97 Å². The molecular formula is C14H17N3O2. The van der Waals surface area contributed by atoms with E-state index in [0.717, 1.165) is 0 Å². The second-order valence-electron chi connectivity index (χ2n) is 4.29. The summed E-state index contributed by atoms with van der Waals surface area (Å²) in [6.07, 6.45) is 0.450. The molecule has 1 aromatic carbocycles. The molecule has 0 aliphatic rings. The van der Waals surface area contributed by atoms with Gasteiger partial charge < -0.3 is 9.88 Å². The molecule has 0 radical (unpaired) electrons. The van der Waals surface area contributed by atoms with Gasteiger partial charge in [-0.05, 0) is 19.1 Å². The second-order valence-corrected chi connectivity index (χ2v) is 4.29. The number of para-hydroxylation sites is 1. The maximum atomic E-state index is 11.9. The van der Waals surface area contributed by atoms with Gasteiger partial charge in [0.15, 0.2) is 0 Å². The molecule has 100 valence electrons. The lowest BCUT2D eigenvalue weighted by atomic mass is 10.2. The topological polar surface area (TPSA) is 66.1 Å². The summed E-state index contributed by atoms with van der Waals surface area (Å²) in [6.45, 7) is 4.67. The van der Waals surface area contributed by atoms with E-state index in [1.165, 1.54) is 0 Å². The van der Waals surface area contributed by atoms with Crippen molar-refractivity contribution in [3.63, 3.8) is 0 Å². The number of nitrogens with one attached hydrogen (secondary N) is 1. The maximum Gasteiger partial charge on any atom is 0.258 e. The summed E-state index contributed by atoms with van der Waals surface area (Å²) in [6, 6.07) is 7.18. The Morgan fingerprint density at radius 2 is 2.05 bits per heavy atom. The fourth-order valence-electron chi connectivity index (χ4n) is 1.99. The first-order chi connectivity index (χ1) is 9.15. The minimum Gasteiger partial charge on any atom is -0.336 e. The van der Waals surface area contributed by atoms with Crippen molar-refractivity contribution in [2.24, 2.45) is 0 Å². The van der Waals surface area contributed by atoms with Gasteiger partial charge in [-0.2, -0.15) is 0 Å². The van der Waals surface area contributed by atoms with Crippen molar-refractivity contribution in [3.05, 3.63) is 40.4 Å². The molecule has 0 atom stereocenters. The quantitative estimate of drug-likeness (QED) is 0.908. The molecule has 1 aromatic heterocycles. The SMILES string of the molecule is CCC(=O)N(CC)Cc1nc2ccccc2c(=O)[nH]1. The van der Waals surface area contributed by atoms with Crippen molar-refractivity contribution in [3.8, 4) is 0 Å². The highest BCUT2D eigenvalue weighted by molar-refractivity contribution is 5.77. The Morgan fingerprint density at radius 1 is 1.32 bits per heavy atom. The predicted octanol–water partition coefficient (Wildman–Crippen LogP) is 1.68. The van der Waals surface area contributed by atoms with Crippen LogP contribution < -0.4 is 5.56 Å². The van der Waals surface area contributed by atoms with Crippen LogP contribution in [0.4, 0.5) is 0 Å². The second kappa shape index (κ2) is 5.65. The average Bonchev–Trinajstić information content (AvgIpc) is 2.44. The smallest absolute Gasteiger partial charge is 0.258 e. The molecule has 1 N–H and O–H groups in total. The number of amides is 1. The van der Waals surface area contributed by atoms with E-state index in [0.29, 0.717) is 36.2 Å². The van der Waals surface area contributed by atoms with E-state index in [1.54, 1.807) is 23.1 Å². The van der Waals surface area contributed by atoms with Crippen LogP contribution in [0.3, 0.4) is 0 Å². The number of carbonyl (C=O) groups excluding carboxylic acids is 1. The number of nitrogens with zero attached hydrogens (tertiary/aromatic N) is 2. The van der Waals surface area contributed by atoms with E-state index in [9.17, 15) is 9.59 Å². The van der Waals surface area contributed by atoms with Crippen LogP contribution in [0, 0.1) is 0 Å². The number of rotatable bonds is 4. The van der Waals surface area contributed by atoms with Crippen LogP contribution in [0.15, 0.2) is 29.1 Å². The van der Waals surface area contributed by atoms with E-state index in [-0.39, 0.29) is 11.5 Å². The highest BCUT2D eigenvalue weighted by Gasteiger charge is 2.12. The largest absolute Gasteiger partial charge is 0.336 e. The Kier molecular flexibility index (Phi) is 3.94. The van der Waals surface area contributed by atoms with Gasteiger partial charge in [0.05, 0.1) is 17.4 Å². The monoisotopic (exact) mass is 259 g/mol. The number of benzene rings is 1. The van der Waals surface area contributed by atoms with Gasteiger partial charge in [-0.15, -0.1) is 0 Å². The zero-order valence-corrected chi connectivity index (χ0v) is 11.1. The Labute approximate surface area is 111 Å². The van der Waals surface area contributed by atoms with Gasteiger partial charge in [0.2, 0.25) is 5.91 Å². The Bertz CT molecular complexity index is 648. The van der Waals surface area contributed by atoms with Crippen molar-refractivity contribution in [1.29, 1.82) is 0 Å². The van der Waals surface area contributed by atoms with Crippen LogP contribution in [-0.4, -0.2) is 27.3 Å². The van der Waals surface area contributed by atoms with Crippen molar-refractivity contribution in [2.45, 2.75) is 26.8 Å². The summed E-state index contributed by atoms with van der Waals surface area (Å²) < 4.78 is 0. The normalized spacial score (nSPS) is 10.6. The molecule has 2 rings (SSSR count). The van der Waals surface area contributed by atoms with Gasteiger partial charge in [0, 0.05) is 13.0 Å². The highest BCUT2D eigenvalue weighted by atomic mass is 16.2. The van der Waals surface area contributed by atoms with Gasteiger partial charge in [-0.25, -0.2) is 4.98 Å². The van der Waals surface area contributed by atoms with E-state index < -0.39 is 0 Å². The average molecular weight is 259 g/mol. The van der Waals surface area contributed by atoms with E-state index in [4.69, 9.17) is 0 Å². The summed E-state index contributed by atoms with van der Waals surface area (Å²) in [5.41, 5.74) is 0.488. The van der Waals surface area contributed by atoms with Gasteiger partial charge in [-0.1, -0.05) is 19.1 Å². The molecule has 2 aromatic rings. The standard InChI is InChI=1S/C14H17N3O2/c1-3-13(18)17(4-2)9-12-15-11-8-6-5-7-10(11)14(19)16-12/h5-8H,3-4,9H2,1-2H3,(H,15,16,19). The number of carbonyl (C=O) groups is 1. The molecule has 1 amide bonds. The molecule has 0 bridgehead atoms. The first-order valence-corrected chi connectivity index (χ1v) is 6.41. The first-order valence-electron chi connectivity index (χ1n) is 6.41. The summed E-state index contributed by atoms with van der Waals surface area (Å²) in [5.74, 6) is 0.575. The van der Waals surface area contributed by atoms with Gasteiger partial charge in [-0.3, -0.25) is 9.59 Å². The molecule has 0 aliphatic heterocycles. The highest BCUT2D eigenvalue weighted by Crippen LogP contribution is 2.07. The van der Waals surface area contributed by atoms with Crippen molar-refractivity contribution in [2.75, 3.05) is 6.54 Å². The molecule has 0 fully saturated rings. The number of H-pyrrole nitrogens is 1. The zero-order chi connectivity index (χ0) is 13.8. The van der Waals surface area contributed by atoms with Crippen LogP contribution in [0.2, 0.25) is 0 Å². The molecule has 0 spiro atoms. The summed E-state index contributed by atoms with van der Waals surface area (Å²) in [5, 5.41) is 0.566. The number of aromatic nitrogens is 2. The molecule has 1 heterocycles. The van der Waals surface area contributed by atoms with Crippen LogP contribution in [0.5, 0.6) is 0 Å². The Hall–Kier alpha value is -2.17. The first kappa shape index (κ1) is 13.3. The van der Waals surface area contributed by atoms with Gasteiger partial charge in [0.1, 0.15) is 5.82 Å². The maximum absolute atomic E-state index is 11.9. The van der Waals surface area contributed by atoms with Gasteiger partial charge in [0.25, 0.3) is 5.56 Å². The van der Waals surface area contributed by atoms with Crippen molar-refractivity contribution in [1.82, 2.24) is 14.9 Å². The number of hydrogen-bond acceptors (Lipinski definition) is 3. The molecular weight excluding hydrogens is 242 g/mol. The summed E-state index contributed by atoms with van der Waals surface area (Å²) in [7, 11) is 0. The Morgan fingerprint density at radius 3 is 2.74 bits per heavy atom. The summed E-state index contributed by atoms with van der Waals surface area (Å²) in [4.78, 5) is 32.4. The predicted molar refractivity (Wildman–Crippen MR) is 73.7 cm³/mol. The minimum absolute atomic E-state index is 0.0540. The fourth-order valence-corrected chi connectivity index (χ4v) is 1.99. The number of aromatic amines is 1. The molecule has 0 saturated carbocycles. The molecule has 19 heavy (non-hydrogen) atoms. The van der Waals surface area contributed by atoms with Crippen molar-refractivity contribution >= 4 is 16.8 Å². The zero-order valence-electron chi connectivity index (χ0n) is 11.1. The lowest BCUT2D eigenvalue weighted by Gasteiger charge is -2.19. The van der Waals surface area contributed by atoms with Crippen LogP contribution >= 0.6 is 0 Å². The molecule has 0 unspecified atom stereocenters. The molecule has 5 nitrogen and oxygen atoms in total. The van der Waals surface area contributed by atoms with Crippen LogP contribution in [-0.2, 0) is 11.3 Å². The molecule has 5 heteroatoms. The lowest BCUT2D eigenvalue weighted by molar-refractivity contribution is -0.131. The van der Waals surface area contributed by atoms with E-state index in [1.807, 2.05) is 19.9 Å². The molecule has 0 saturated heterocycles. The molecule has 0 aliphatic carbocycles. The lowest BCUT2D eigenvalue weighted by Crippen LogP contribution is -2.31. The number of fused-ring (bicyclic) bond motifs is 1. The third-order valence-electron chi connectivity index (χ3n) is 3.04. The van der Waals surface area contributed by atoms with E-state index >= 15 is 0 Å². The third-order valence-corrected chi connectivity index (χ3v) is 3.04. The third kappa shape index (κ3) is 2.81. The van der Waals surface area contributed by atoms with Crippen LogP contribution in [0.1, 0.15) is 26.1 Å². The minimum atomic E-state index is -0.166. The van der Waals surface area contributed by atoms with Crippen LogP contribution in [0.25, 0.3) is 10.9 Å².